The van der Waals surface area contributed by atoms with Gasteiger partial charge in [-0.05, 0) is 67.6 Å². The molecule has 3 aliphatic carbocycles. The summed E-state index contributed by atoms with van der Waals surface area (Å²) >= 11 is 0. The molecular weight excluding hydrogens is 262 g/mol. The molecular formula is C17H19N3O. The van der Waals surface area contributed by atoms with Gasteiger partial charge in [0.2, 0.25) is 0 Å². The normalized spacial score (nSPS) is 35.0. The number of benzene rings is 1. The standard InChI is InChI=1S/C17H19N3O/c1-9-2-3-10(8-18)6-13(9)19-17(21)20-16-14-11-4-5-12(7-11)15(14)16/h2-3,6,11-12,14-16H,4-5,7H2,1H3,(H2,19,20,21)/t11-,12-,14-,15-/m0/s1. The zero-order valence-corrected chi connectivity index (χ0v) is 12.1. The van der Waals surface area contributed by atoms with Crippen molar-refractivity contribution in [3.05, 3.63) is 29.3 Å². The summed E-state index contributed by atoms with van der Waals surface area (Å²) in [5.41, 5.74) is 2.26. The molecule has 4 atom stereocenters. The van der Waals surface area contributed by atoms with Crippen molar-refractivity contribution in [2.75, 3.05) is 5.32 Å². The molecule has 0 saturated heterocycles. The second-order valence-electron chi connectivity index (χ2n) is 6.75. The van der Waals surface area contributed by atoms with E-state index in [1.807, 2.05) is 13.0 Å². The van der Waals surface area contributed by atoms with Crippen molar-refractivity contribution in [2.45, 2.75) is 32.2 Å². The third-order valence-electron chi connectivity index (χ3n) is 5.65. The van der Waals surface area contributed by atoms with Crippen molar-refractivity contribution in [3.63, 3.8) is 0 Å². The summed E-state index contributed by atoms with van der Waals surface area (Å²) in [6.45, 7) is 1.93. The predicted molar refractivity (Wildman–Crippen MR) is 79.6 cm³/mol. The summed E-state index contributed by atoms with van der Waals surface area (Å²) in [6.07, 6.45) is 4.10. The Morgan fingerprint density at radius 2 is 2.00 bits per heavy atom. The second kappa shape index (κ2) is 4.49. The fourth-order valence-electron chi connectivity index (χ4n) is 4.65. The summed E-state index contributed by atoms with van der Waals surface area (Å²) in [6, 6.07) is 7.71. The monoisotopic (exact) mass is 281 g/mol. The summed E-state index contributed by atoms with van der Waals surface area (Å²) in [5, 5.41) is 15.0. The number of hydrogen-bond acceptors (Lipinski definition) is 2. The van der Waals surface area contributed by atoms with Crippen LogP contribution >= 0.6 is 0 Å². The van der Waals surface area contributed by atoms with Gasteiger partial charge in [0.25, 0.3) is 0 Å². The minimum atomic E-state index is -0.132. The Morgan fingerprint density at radius 3 is 2.67 bits per heavy atom. The van der Waals surface area contributed by atoms with Crippen LogP contribution in [0.1, 0.15) is 30.4 Å². The van der Waals surface area contributed by atoms with Crippen LogP contribution in [0.3, 0.4) is 0 Å². The number of hydrogen-bond donors (Lipinski definition) is 2. The molecule has 1 aromatic carbocycles. The Hall–Kier alpha value is -2.02. The van der Waals surface area contributed by atoms with Gasteiger partial charge in [-0.3, -0.25) is 0 Å². The summed E-state index contributed by atoms with van der Waals surface area (Å²) < 4.78 is 0. The van der Waals surface area contributed by atoms with Gasteiger partial charge in [0.1, 0.15) is 0 Å². The lowest BCUT2D eigenvalue weighted by molar-refractivity contribution is 0.249. The van der Waals surface area contributed by atoms with E-state index < -0.39 is 0 Å². The maximum Gasteiger partial charge on any atom is 0.319 e. The summed E-state index contributed by atoms with van der Waals surface area (Å²) in [4.78, 5) is 12.2. The van der Waals surface area contributed by atoms with Gasteiger partial charge in [0, 0.05) is 11.7 Å². The van der Waals surface area contributed by atoms with Crippen molar-refractivity contribution in [3.8, 4) is 6.07 Å². The third kappa shape index (κ3) is 1.99. The number of carbonyl (C=O) groups is 1. The van der Waals surface area contributed by atoms with E-state index in [1.165, 1.54) is 19.3 Å². The first-order chi connectivity index (χ1) is 10.2. The van der Waals surface area contributed by atoms with E-state index in [0.29, 0.717) is 11.6 Å². The maximum absolute atomic E-state index is 12.2. The van der Waals surface area contributed by atoms with Crippen LogP contribution in [-0.2, 0) is 0 Å². The molecule has 108 valence electrons. The van der Waals surface area contributed by atoms with Crippen molar-refractivity contribution >= 4 is 11.7 Å². The number of rotatable bonds is 2. The lowest BCUT2D eigenvalue weighted by Crippen LogP contribution is -2.34. The molecule has 4 heteroatoms. The number of fused-ring (bicyclic) bond motifs is 5. The minimum absolute atomic E-state index is 0.132. The van der Waals surface area contributed by atoms with Crippen LogP contribution in [0.25, 0.3) is 0 Å². The first kappa shape index (κ1) is 12.7. The number of anilines is 1. The van der Waals surface area contributed by atoms with Crippen LogP contribution < -0.4 is 10.6 Å². The Balaban J connectivity index is 1.40. The molecule has 3 saturated carbocycles. The van der Waals surface area contributed by atoms with Crippen LogP contribution in [0.15, 0.2) is 18.2 Å². The van der Waals surface area contributed by atoms with Crippen LogP contribution in [0.2, 0.25) is 0 Å². The SMILES string of the molecule is Cc1ccc(C#N)cc1NC(=O)NC1[C@H]2[C@H]3CC[C@@H](C3)[C@H]12. The quantitative estimate of drug-likeness (QED) is 0.875. The molecule has 3 aliphatic rings. The lowest BCUT2D eigenvalue weighted by atomic mass is 10.0. The van der Waals surface area contributed by atoms with E-state index in [2.05, 4.69) is 16.7 Å². The molecule has 0 radical (unpaired) electrons. The number of carbonyl (C=O) groups excluding carboxylic acids is 1. The van der Waals surface area contributed by atoms with E-state index in [1.54, 1.807) is 12.1 Å². The van der Waals surface area contributed by atoms with E-state index in [0.717, 1.165) is 34.9 Å². The molecule has 0 aromatic heterocycles. The second-order valence-corrected chi connectivity index (χ2v) is 6.75. The van der Waals surface area contributed by atoms with E-state index in [-0.39, 0.29) is 6.03 Å². The highest BCUT2D eigenvalue weighted by molar-refractivity contribution is 5.90. The predicted octanol–water partition coefficient (Wildman–Crippen LogP) is 3.03. The van der Waals surface area contributed by atoms with Gasteiger partial charge in [-0.1, -0.05) is 6.07 Å². The Kier molecular flexibility index (Phi) is 2.72. The molecule has 2 amide bonds. The van der Waals surface area contributed by atoms with Crippen LogP contribution in [0.5, 0.6) is 0 Å². The Bertz CT molecular complexity index is 632. The van der Waals surface area contributed by atoms with Crippen molar-refractivity contribution in [1.82, 2.24) is 5.32 Å². The van der Waals surface area contributed by atoms with Crippen LogP contribution in [0, 0.1) is 41.9 Å². The molecule has 4 rings (SSSR count). The molecule has 21 heavy (non-hydrogen) atoms. The number of nitriles is 1. The molecule has 4 nitrogen and oxygen atoms in total. The van der Waals surface area contributed by atoms with E-state index in [4.69, 9.17) is 5.26 Å². The van der Waals surface area contributed by atoms with Gasteiger partial charge in [0.15, 0.2) is 0 Å². The van der Waals surface area contributed by atoms with Gasteiger partial charge >= 0.3 is 6.03 Å². The van der Waals surface area contributed by atoms with Crippen LogP contribution in [-0.4, -0.2) is 12.1 Å². The summed E-state index contributed by atoms with van der Waals surface area (Å²) in [5.74, 6) is 3.19. The first-order valence-corrected chi connectivity index (χ1v) is 7.75. The molecule has 0 unspecified atom stereocenters. The van der Waals surface area contributed by atoms with Gasteiger partial charge in [-0.15, -0.1) is 0 Å². The van der Waals surface area contributed by atoms with E-state index >= 15 is 0 Å². The number of aryl methyl sites for hydroxylation is 1. The number of urea groups is 1. The number of nitrogens with zero attached hydrogens (tertiary/aromatic N) is 1. The largest absolute Gasteiger partial charge is 0.335 e. The molecule has 2 bridgehead atoms. The van der Waals surface area contributed by atoms with Crippen molar-refractivity contribution in [1.29, 1.82) is 5.26 Å². The number of amides is 2. The smallest absolute Gasteiger partial charge is 0.319 e. The molecule has 1 aromatic rings. The lowest BCUT2D eigenvalue weighted by Gasteiger charge is -2.13. The van der Waals surface area contributed by atoms with Gasteiger partial charge < -0.3 is 10.6 Å². The molecule has 0 spiro atoms. The topological polar surface area (TPSA) is 64.9 Å². The van der Waals surface area contributed by atoms with Crippen molar-refractivity contribution < 1.29 is 4.79 Å². The maximum atomic E-state index is 12.2. The average molecular weight is 281 g/mol. The number of nitrogens with one attached hydrogen (secondary N) is 2. The Morgan fingerprint density at radius 1 is 1.29 bits per heavy atom. The fourth-order valence-corrected chi connectivity index (χ4v) is 4.65. The van der Waals surface area contributed by atoms with E-state index in [9.17, 15) is 4.79 Å². The summed E-state index contributed by atoms with van der Waals surface area (Å²) in [7, 11) is 0. The average Bonchev–Trinajstić information content (AvgIpc) is 2.86. The molecule has 0 aliphatic heterocycles. The van der Waals surface area contributed by atoms with Crippen molar-refractivity contribution in [2.24, 2.45) is 23.7 Å². The first-order valence-electron chi connectivity index (χ1n) is 7.75. The van der Waals surface area contributed by atoms with Gasteiger partial charge in [-0.2, -0.15) is 5.26 Å². The highest BCUT2D eigenvalue weighted by atomic mass is 16.2. The Labute approximate surface area is 124 Å². The van der Waals surface area contributed by atoms with Gasteiger partial charge in [0.05, 0.1) is 11.6 Å². The highest BCUT2D eigenvalue weighted by Gasteiger charge is 2.65. The fraction of sp³-hybridized carbons (Fsp3) is 0.529. The molecule has 3 fully saturated rings. The minimum Gasteiger partial charge on any atom is -0.335 e. The van der Waals surface area contributed by atoms with Crippen LogP contribution in [0.4, 0.5) is 10.5 Å². The highest BCUT2D eigenvalue weighted by Crippen LogP contribution is 2.65. The molecule has 2 N–H and O–H groups in total. The van der Waals surface area contributed by atoms with Gasteiger partial charge in [-0.25, -0.2) is 4.79 Å². The molecule has 0 heterocycles. The third-order valence-corrected chi connectivity index (χ3v) is 5.65. The zero-order chi connectivity index (χ0) is 14.6. The zero-order valence-electron chi connectivity index (χ0n) is 12.1.